The van der Waals surface area contributed by atoms with Crippen LogP contribution in [0.15, 0.2) is 0 Å². The highest BCUT2D eigenvalue weighted by atomic mass is 32.2. The van der Waals surface area contributed by atoms with E-state index in [0.29, 0.717) is 13.1 Å². The number of nitrogens with one attached hydrogen (secondary N) is 2. The quantitative estimate of drug-likeness (QED) is 0.741. The van der Waals surface area contributed by atoms with Crippen LogP contribution in [0.25, 0.3) is 0 Å². The summed E-state index contributed by atoms with van der Waals surface area (Å²) in [6, 6.07) is 0.0701. The van der Waals surface area contributed by atoms with Gasteiger partial charge in [0.05, 0.1) is 0 Å². The summed E-state index contributed by atoms with van der Waals surface area (Å²) in [5.41, 5.74) is 0. The van der Waals surface area contributed by atoms with Crippen LogP contribution >= 0.6 is 0 Å². The minimum atomic E-state index is -3.24. The molecule has 2 aliphatic heterocycles. The summed E-state index contributed by atoms with van der Waals surface area (Å²) >= 11 is 0. The molecule has 2 saturated heterocycles. The molecule has 2 rings (SSSR count). The van der Waals surface area contributed by atoms with Crippen LogP contribution in [0.3, 0.4) is 0 Å². The first-order chi connectivity index (χ1) is 7.68. The molecule has 0 aliphatic carbocycles. The average molecular weight is 247 g/mol. The summed E-state index contributed by atoms with van der Waals surface area (Å²) in [5.74, 6) is 0. The third-order valence-corrected chi connectivity index (χ3v) is 4.94. The van der Waals surface area contributed by atoms with E-state index in [1.807, 2.05) is 0 Å². The number of nitrogens with zero attached hydrogens (tertiary/aromatic N) is 1. The number of hydrogen-bond donors (Lipinski definition) is 2. The van der Waals surface area contributed by atoms with Crippen LogP contribution in [-0.2, 0) is 10.2 Å². The van der Waals surface area contributed by atoms with Crippen molar-refractivity contribution in [3.63, 3.8) is 0 Å². The van der Waals surface area contributed by atoms with Crippen LogP contribution in [-0.4, -0.2) is 44.9 Å². The van der Waals surface area contributed by atoms with Crippen LogP contribution in [0.5, 0.6) is 0 Å². The fourth-order valence-corrected chi connectivity index (χ4v) is 3.85. The predicted octanol–water partition coefficient (Wildman–Crippen LogP) is 0.0587. The first-order valence-corrected chi connectivity index (χ1v) is 7.60. The Hall–Kier alpha value is -0.170. The first kappa shape index (κ1) is 12.3. The van der Waals surface area contributed by atoms with E-state index < -0.39 is 10.2 Å². The van der Waals surface area contributed by atoms with Crippen molar-refractivity contribution >= 4 is 10.2 Å². The van der Waals surface area contributed by atoms with Gasteiger partial charge in [0.1, 0.15) is 0 Å². The van der Waals surface area contributed by atoms with Crippen LogP contribution in [0.4, 0.5) is 0 Å². The molecule has 5 nitrogen and oxygen atoms in total. The van der Waals surface area contributed by atoms with Gasteiger partial charge in [-0.1, -0.05) is 6.42 Å². The van der Waals surface area contributed by atoms with Crippen molar-refractivity contribution in [1.29, 1.82) is 0 Å². The van der Waals surface area contributed by atoms with Gasteiger partial charge in [-0.25, -0.2) is 0 Å². The minimum Gasteiger partial charge on any atom is -0.315 e. The lowest BCUT2D eigenvalue weighted by Gasteiger charge is -2.30. The van der Waals surface area contributed by atoms with Gasteiger partial charge < -0.3 is 5.32 Å². The number of rotatable bonds is 3. The molecule has 0 spiro atoms. The summed E-state index contributed by atoms with van der Waals surface area (Å²) in [5, 5.41) is 3.21. The maximum absolute atomic E-state index is 12.0. The maximum Gasteiger partial charge on any atom is 0.279 e. The van der Waals surface area contributed by atoms with Gasteiger partial charge in [0.2, 0.25) is 0 Å². The van der Waals surface area contributed by atoms with E-state index in [1.54, 1.807) is 4.31 Å². The lowest BCUT2D eigenvalue weighted by Crippen LogP contribution is -2.51. The molecule has 0 amide bonds. The number of piperidine rings is 2. The summed E-state index contributed by atoms with van der Waals surface area (Å²) < 4.78 is 28.5. The second-order valence-corrected chi connectivity index (χ2v) is 6.33. The molecule has 0 unspecified atom stereocenters. The van der Waals surface area contributed by atoms with Crippen molar-refractivity contribution in [3.8, 4) is 0 Å². The smallest absolute Gasteiger partial charge is 0.279 e. The second-order valence-electron chi connectivity index (χ2n) is 4.63. The van der Waals surface area contributed by atoms with Crippen LogP contribution in [0.2, 0.25) is 0 Å². The molecule has 2 fully saturated rings. The molecule has 94 valence electrons. The maximum atomic E-state index is 12.0. The lowest BCUT2D eigenvalue weighted by atomic mass is 10.1. The van der Waals surface area contributed by atoms with Gasteiger partial charge in [-0.3, -0.25) is 0 Å². The largest absolute Gasteiger partial charge is 0.315 e. The van der Waals surface area contributed by atoms with Crippen molar-refractivity contribution in [2.75, 3.05) is 26.2 Å². The molecule has 16 heavy (non-hydrogen) atoms. The fourth-order valence-electron chi connectivity index (χ4n) is 2.34. The molecule has 0 bridgehead atoms. The minimum absolute atomic E-state index is 0.0701. The van der Waals surface area contributed by atoms with Crippen LogP contribution in [0, 0.1) is 0 Å². The molecule has 0 saturated carbocycles. The lowest BCUT2D eigenvalue weighted by molar-refractivity contribution is 0.332. The summed E-state index contributed by atoms with van der Waals surface area (Å²) in [6.07, 6.45) is 5.12. The Morgan fingerprint density at radius 1 is 1.12 bits per heavy atom. The predicted molar refractivity (Wildman–Crippen MR) is 63.4 cm³/mol. The van der Waals surface area contributed by atoms with Crippen LogP contribution < -0.4 is 10.0 Å². The Morgan fingerprint density at radius 2 is 1.88 bits per heavy atom. The van der Waals surface area contributed by atoms with Gasteiger partial charge in [0.15, 0.2) is 0 Å². The van der Waals surface area contributed by atoms with E-state index in [0.717, 1.165) is 45.2 Å². The van der Waals surface area contributed by atoms with Crippen molar-refractivity contribution in [3.05, 3.63) is 0 Å². The molecule has 1 atom stereocenters. The van der Waals surface area contributed by atoms with E-state index in [4.69, 9.17) is 0 Å². The Balaban J connectivity index is 1.90. The zero-order chi connectivity index (χ0) is 11.4. The molecule has 0 aromatic heterocycles. The normalized spacial score (nSPS) is 29.1. The molecule has 0 radical (unpaired) electrons. The monoisotopic (exact) mass is 247 g/mol. The molecule has 6 heteroatoms. The molecular weight excluding hydrogens is 226 g/mol. The van der Waals surface area contributed by atoms with Gasteiger partial charge >= 0.3 is 0 Å². The van der Waals surface area contributed by atoms with E-state index >= 15 is 0 Å². The number of hydrogen-bond acceptors (Lipinski definition) is 3. The highest BCUT2D eigenvalue weighted by Gasteiger charge is 2.27. The summed E-state index contributed by atoms with van der Waals surface area (Å²) in [7, 11) is -3.24. The Bertz CT molecular complexity index is 306. The van der Waals surface area contributed by atoms with E-state index in [-0.39, 0.29) is 6.04 Å². The Kier molecular flexibility index (Phi) is 4.18. The summed E-state index contributed by atoms with van der Waals surface area (Å²) in [6.45, 7) is 3.11. The van der Waals surface area contributed by atoms with Crippen molar-refractivity contribution in [1.82, 2.24) is 14.3 Å². The third kappa shape index (κ3) is 3.16. The van der Waals surface area contributed by atoms with Crippen molar-refractivity contribution in [2.45, 2.75) is 38.1 Å². The molecule has 2 N–H and O–H groups in total. The molecule has 0 aromatic carbocycles. The van der Waals surface area contributed by atoms with E-state index in [1.165, 1.54) is 0 Å². The van der Waals surface area contributed by atoms with Gasteiger partial charge in [0.25, 0.3) is 10.2 Å². The first-order valence-electron chi connectivity index (χ1n) is 6.16. The topological polar surface area (TPSA) is 61.4 Å². The molecule has 2 aliphatic rings. The summed E-state index contributed by atoms with van der Waals surface area (Å²) in [4.78, 5) is 0. The molecule has 0 aromatic rings. The average Bonchev–Trinajstić information content (AvgIpc) is 2.31. The zero-order valence-corrected chi connectivity index (χ0v) is 10.4. The highest BCUT2D eigenvalue weighted by Crippen LogP contribution is 2.13. The molecular formula is C10H21N3O2S. The standard InChI is InChI=1S/C10H21N3O2S/c14-16(15,13-7-2-1-3-8-13)12-10-5-4-6-11-9-10/h10-12H,1-9H2/t10-/m0/s1. The van der Waals surface area contributed by atoms with Gasteiger partial charge in [-0.05, 0) is 32.2 Å². The molecule has 2 heterocycles. The Morgan fingerprint density at radius 3 is 2.50 bits per heavy atom. The zero-order valence-electron chi connectivity index (χ0n) is 9.61. The second kappa shape index (κ2) is 5.44. The van der Waals surface area contributed by atoms with Crippen molar-refractivity contribution in [2.24, 2.45) is 0 Å². The van der Waals surface area contributed by atoms with E-state index in [2.05, 4.69) is 10.0 Å². The highest BCUT2D eigenvalue weighted by molar-refractivity contribution is 7.87. The van der Waals surface area contributed by atoms with Gasteiger partial charge in [0, 0.05) is 25.7 Å². The van der Waals surface area contributed by atoms with Crippen LogP contribution in [0.1, 0.15) is 32.1 Å². The Labute approximate surface area is 97.8 Å². The van der Waals surface area contributed by atoms with Gasteiger partial charge in [-0.2, -0.15) is 17.4 Å². The van der Waals surface area contributed by atoms with E-state index in [9.17, 15) is 8.42 Å². The van der Waals surface area contributed by atoms with Gasteiger partial charge in [-0.15, -0.1) is 0 Å². The fraction of sp³-hybridized carbons (Fsp3) is 1.00. The SMILES string of the molecule is O=S(=O)(N[C@H]1CCCNC1)N1CCCCC1. The van der Waals surface area contributed by atoms with Crippen molar-refractivity contribution < 1.29 is 8.42 Å². The third-order valence-electron chi connectivity index (χ3n) is 3.27.